The number of hydrogen-bond donors (Lipinski definition) is 2. The molecule has 0 spiro atoms. The summed E-state index contributed by atoms with van der Waals surface area (Å²) >= 11 is 5.78. The molecule has 1 aliphatic heterocycles. The van der Waals surface area contributed by atoms with Gasteiger partial charge in [-0.3, -0.25) is 9.59 Å². The Labute approximate surface area is 142 Å². The normalized spacial score (nSPS) is 17.2. The number of nitrogens with zero attached hydrogens (tertiary/aromatic N) is 1. The number of benzene rings is 2. The van der Waals surface area contributed by atoms with E-state index in [1.807, 2.05) is 0 Å². The molecule has 2 aromatic carbocycles. The molecule has 1 atom stereocenters. The van der Waals surface area contributed by atoms with Crippen LogP contribution in [0.3, 0.4) is 0 Å². The summed E-state index contributed by atoms with van der Waals surface area (Å²) < 4.78 is 13.8. The van der Waals surface area contributed by atoms with Crippen LogP contribution in [0.5, 0.6) is 5.75 Å². The first kappa shape index (κ1) is 16.3. The molecule has 24 heavy (non-hydrogen) atoms. The number of halogens is 2. The summed E-state index contributed by atoms with van der Waals surface area (Å²) in [6.07, 6.45) is 0.380. The number of aromatic hydroxyl groups is 1. The lowest BCUT2D eigenvalue weighted by atomic mass is 10.1. The quantitative estimate of drug-likeness (QED) is 0.896. The highest BCUT2D eigenvalue weighted by Gasteiger charge is 2.34. The first-order chi connectivity index (χ1) is 11.5. The van der Waals surface area contributed by atoms with Crippen LogP contribution in [0.2, 0.25) is 5.02 Å². The third kappa shape index (κ3) is 3.05. The highest BCUT2D eigenvalue weighted by molar-refractivity contribution is 6.32. The Kier molecular flexibility index (Phi) is 4.40. The molecule has 7 heteroatoms. The van der Waals surface area contributed by atoms with E-state index >= 15 is 0 Å². The van der Waals surface area contributed by atoms with Crippen LogP contribution in [0.1, 0.15) is 16.8 Å². The second-order valence-electron chi connectivity index (χ2n) is 5.42. The summed E-state index contributed by atoms with van der Waals surface area (Å²) in [5, 5.41) is 12.0. The maximum atomic E-state index is 13.8. The van der Waals surface area contributed by atoms with E-state index in [1.165, 1.54) is 35.2 Å². The molecule has 1 heterocycles. The maximum Gasteiger partial charge on any atom is 0.251 e. The highest BCUT2D eigenvalue weighted by atomic mass is 35.5. The first-order valence-corrected chi connectivity index (χ1v) is 7.70. The highest BCUT2D eigenvalue weighted by Crippen LogP contribution is 2.26. The molecule has 0 radical (unpaired) electrons. The maximum absolute atomic E-state index is 13.8. The van der Waals surface area contributed by atoms with Gasteiger partial charge in [0.1, 0.15) is 17.6 Å². The molecule has 0 bridgehead atoms. The van der Waals surface area contributed by atoms with Gasteiger partial charge in [0, 0.05) is 12.1 Å². The molecule has 3 rings (SSSR count). The second kappa shape index (κ2) is 6.49. The van der Waals surface area contributed by atoms with Crippen molar-refractivity contribution >= 4 is 29.1 Å². The third-order valence-electron chi connectivity index (χ3n) is 3.86. The molecular formula is C17H14ClFN2O3. The zero-order chi connectivity index (χ0) is 17.3. The van der Waals surface area contributed by atoms with Crippen molar-refractivity contribution in [2.75, 3.05) is 11.4 Å². The van der Waals surface area contributed by atoms with E-state index in [9.17, 15) is 19.1 Å². The van der Waals surface area contributed by atoms with Crippen molar-refractivity contribution in [3.8, 4) is 5.75 Å². The smallest absolute Gasteiger partial charge is 0.251 e. The van der Waals surface area contributed by atoms with Crippen LogP contribution < -0.4 is 10.2 Å². The van der Waals surface area contributed by atoms with Crippen molar-refractivity contribution in [1.29, 1.82) is 0 Å². The van der Waals surface area contributed by atoms with Gasteiger partial charge in [0.2, 0.25) is 5.91 Å². The van der Waals surface area contributed by atoms with E-state index in [1.54, 1.807) is 12.1 Å². The number of phenolic OH excluding ortho intramolecular Hbond substituents is 1. The first-order valence-electron chi connectivity index (χ1n) is 7.32. The second-order valence-corrected chi connectivity index (χ2v) is 5.83. The average molecular weight is 349 g/mol. The topological polar surface area (TPSA) is 69.6 Å². The number of carbonyl (C=O) groups excluding carboxylic acids is 2. The molecule has 1 saturated heterocycles. The number of para-hydroxylation sites is 1. The molecule has 0 unspecified atom stereocenters. The summed E-state index contributed by atoms with van der Waals surface area (Å²) in [6, 6.07) is 9.31. The molecule has 1 aliphatic rings. The van der Waals surface area contributed by atoms with Crippen LogP contribution in [0.15, 0.2) is 42.5 Å². The van der Waals surface area contributed by atoms with Crippen LogP contribution in [0, 0.1) is 5.82 Å². The number of hydrogen-bond acceptors (Lipinski definition) is 3. The summed E-state index contributed by atoms with van der Waals surface area (Å²) in [7, 11) is 0. The SMILES string of the molecule is O=C(N[C@@H]1CCN(c2ccccc2F)C1=O)c1ccc(O)c(Cl)c1. The molecule has 1 fully saturated rings. The lowest BCUT2D eigenvalue weighted by molar-refractivity contribution is -0.118. The molecule has 0 saturated carbocycles. The van der Waals surface area contributed by atoms with Gasteiger partial charge in [-0.1, -0.05) is 23.7 Å². The Balaban J connectivity index is 1.73. The van der Waals surface area contributed by atoms with Crippen molar-refractivity contribution in [3.63, 3.8) is 0 Å². The van der Waals surface area contributed by atoms with Crippen molar-refractivity contribution in [1.82, 2.24) is 5.32 Å². The van der Waals surface area contributed by atoms with Gasteiger partial charge in [-0.05, 0) is 36.8 Å². The lowest BCUT2D eigenvalue weighted by Crippen LogP contribution is -2.41. The number of amides is 2. The van der Waals surface area contributed by atoms with Gasteiger partial charge in [-0.15, -0.1) is 0 Å². The molecule has 2 amide bonds. The van der Waals surface area contributed by atoms with Crippen LogP contribution in [-0.2, 0) is 4.79 Å². The third-order valence-corrected chi connectivity index (χ3v) is 4.17. The van der Waals surface area contributed by atoms with Gasteiger partial charge in [0.25, 0.3) is 5.91 Å². The van der Waals surface area contributed by atoms with Gasteiger partial charge in [0.15, 0.2) is 0 Å². The molecule has 2 aromatic rings. The van der Waals surface area contributed by atoms with Crippen LogP contribution in [0.4, 0.5) is 10.1 Å². The average Bonchev–Trinajstić information content (AvgIpc) is 2.91. The molecular weight excluding hydrogens is 335 g/mol. The van der Waals surface area contributed by atoms with Gasteiger partial charge >= 0.3 is 0 Å². The molecule has 2 N–H and O–H groups in total. The fourth-order valence-electron chi connectivity index (χ4n) is 2.61. The van der Waals surface area contributed by atoms with E-state index < -0.39 is 17.8 Å². The predicted molar refractivity (Wildman–Crippen MR) is 87.7 cm³/mol. The summed E-state index contributed by atoms with van der Waals surface area (Å²) in [4.78, 5) is 26.0. The Morgan fingerprint density at radius 2 is 2.04 bits per heavy atom. The van der Waals surface area contributed by atoms with E-state index in [4.69, 9.17) is 11.6 Å². The van der Waals surface area contributed by atoms with Crippen molar-refractivity contribution < 1.29 is 19.1 Å². The zero-order valence-electron chi connectivity index (χ0n) is 12.5. The Hall–Kier alpha value is -2.60. The summed E-state index contributed by atoms with van der Waals surface area (Å²) in [5.74, 6) is -1.46. The number of phenols is 1. The van der Waals surface area contributed by atoms with Gasteiger partial charge < -0.3 is 15.3 Å². The Morgan fingerprint density at radius 3 is 2.75 bits per heavy atom. The number of anilines is 1. The molecule has 124 valence electrons. The zero-order valence-corrected chi connectivity index (χ0v) is 13.3. The van der Waals surface area contributed by atoms with Crippen molar-refractivity contribution in [2.45, 2.75) is 12.5 Å². The monoisotopic (exact) mass is 348 g/mol. The number of rotatable bonds is 3. The molecule has 5 nitrogen and oxygen atoms in total. The van der Waals surface area contributed by atoms with Crippen molar-refractivity contribution in [3.05, 3.63) is 58.9 Å². The van der Waals surface area contributed by atoms with E-state index in [0.717, 1.165) is 0 Å². The predicted octanol–water partition coefficient (Wildman–Crippen LogP) is 2.72. The minimum atomic E-state index is -0.732. The lowest BCUT2D eigenvalue weighted by Gasteiger charge is -2.18. The van der Waals surface area contributed by atoms with Crippen LogP contribution in [0.25, 0.3) is 0 Å². The van der Waals surface area contributed by atoms with E-state index in [0.29, 0.717) is 13.0 Å². The van der Waals surface area contributed by atoms with Gasteiger partial charge in [0.05, 0.1) is 10.7 Å². The number of nitrogens with one attached hydrogen (secondary N) is 1. The van der Waals surface area contributed by atoms with Crippen LogP contribution >= 0.6 is 11.6 Å². The van der Waals surface area contributed by atoms with Crippen LogP contribution in [-0.4, -0.2) is 29.5 Å². The standard InChI is InChI=1S/C17H14ClFN2O3/c18-11-9-10(5-6-15(11)22)16(23)20-13-7-8-21(17(13)24)14-4-2-1-3-12(14)19/h1-6,9,13,22H,7-8H2,(H,20,23)/t13-/m1/s1. The summed E-state index contributed by atoms with van der Waals surface area (Å²) in [5.41, 5.74) is 0.432. The summed E-state index contributed by atoms with van der Waals surface area (Å²) in [6.45, 7) is 0.320. The fourth-order valence-corrected chi connectivity index (χ4v) is 2.79. The minimum Gasteiger partial charge on any atom is -0.506 e. The Morgan fingerprint density at radius 1 is 1.29 bits per heavy atom. The molecule has 0 aliphatic carbocycles. The largest absolute Gasteiger partial charge is 0.506 e. The van der Waals surface area contributed by atoms with E-state index in [2.05, 4.69) is 5.32 Å². The van der Waals surface area contributed by atoms with E-state index in [-0.39, 0.29) is 27.9 Å². The Bertz CT molecular complexity index is 812. The van der Waals surface area contributed by atoms with Gasteiger partial charge in [-0.2, -0.15) is 0 Å². The fraction of sp³-hybridized carbons (Fsp3) is 0.176. The molecule has 0 aromatic heterocycles. The van der Waals surface area contributed by atoms with Crippen molar-refractivity contribution in [2.24, 2.45) is 0 Å². The number of carbonyl (C=O) groups is 2. The van der Waals surface area contributed by atoms with Gasteiger partial charge in [-0.25, -0.2) is 4.39 Å². The minimum absolute atomic E-state index is 0.0494.